The van der Waals surface area contributed by atoms with E-state index in [1.807, 2.05) is 6.07 Å². The molecule has 0 bridgehead atoms. The Bertz CT molecular complexity index is 436. The van der Waals surface area contributed by atoms with Crippen LogP contribution in [0.5, 0.6) is 0 Å². The van der Waals surface area contributed by atoms with Crippen molar-refractivity contribution in [3.05, 3.63) is 40.4 Å². The molecule has 1 atom stereocenters. The van der Waals surface area contributed by atoms with E-state index in [4.69, 9.17) is 11.6 Å². The number of nitrogens with zero attached hydrogens (tertiary/aromatic N) is 1. The minimum absolute atomic E-state index is 0.542. The van der Waals surface area contributed by atoms with Gasteiger partial charge in [0.1, 0.15) is 0 Å². The van der Waals surface area contributed by atoms with Gasteiger partial charge in [0.25, 0.3) is 0 Å². The number of piperazine rings is 1. The maximum atomic E-state index is 6.01. The first kappa shape index (κ1) is 11.3. The van der Waals surface area contributed by atoms with Gasteiger partial charge in [0.05, 0.1) is 0 Å². The molecule has 1 aromatic carbocycles. The van der Waals surface area contributed by atoms with Crippen LogP contribution in [-0.2, 0) is 0 Å². The third-order valence-corrected chi connectivity index (χ3v) is 3.86. The van der Waals surface area contributed by atoms with E-state index in [2.05, 4.69) is 34.5 Å². The van der Waals surface area contributed by atoms with E-state index >= 15 is 0 Å². The van der Waals surface area contributed by atoms with Gasteiger partial charge in [-0.3, -0.25) is 4.90 Å². The van der Waals surface area contributed by atoms with Gasteiger partial charge in [-0.2, -0.15) is 0 Å². The second-order valence-electron chi connectivity index (χ2n) is 4.79. The second kappa shape index (κ2) is 4.81. The quantitative estimate of drug-likeness (QED) is 0.865. The molecule has 1 fully saturated rings. The average molecular weight is 249 g/mol. The third kappa shape index (κ3) is 2.39. The molecule has 1 aliphatic heterocycles. The lowest BCUT2D eigenvalue weighted by atomic mass is 10.00. The Labute approximate surface area is 107 Å². The average Bonchev–Trinajstić information content (AvgIpc) is 2.73. The molecule has 0 spiro atoms. The fourth-order valence-electron chi connectivity index (χ4n) is 2.68. The van der Waals surface area contributed by atoms with Crippen LogP contribution >= 0.6 is 11.6 Å². The smallest absolute Gasteiger partial charge is 0.0412 e. The number of benzene rings is 1. The highest BCUT2D eigenvalue weighted by Crippen LogP contribution is 2.32. The van der Waals surface area contributed by atoms with Gasteiger partial charge >= 0.3 is 0 Å². The molecule has 1 saturated heterocycles. The molecular formula is C14H17ClN2. The van der Waals surface area contributed by atoms with Crippen LogP contribution in [0.15, 0.2) is 24.3 Å². The molecule has 0 aromatic heterocycles. The number of rotatable bonds is 2. The van der Waals surface area contributed by atoms with E-state index in [1.165, 1.54) is 11.1 Å². The zero-order valence-electron chi connectivity index (χ0n) is 9.82. The first-order valence-electron chi connectivity index (χ1n) is 6.24. The molecule has 2 nitrogen and oxygen atoms in total. The minimum Gasteiger partial charge on any atom is -0.314 e. The minimum atomic E-state index is 0.542. The summed E-state index contributed by atoms with van der Waals surface area (Å²) in [7, 11) is 0. The summed E-state index contributed by atoms with van der Waals surface area (Å²) < 4.78 is 0. The van der Waals surface area contributed by atoms with E-state index in [0.717, 1.165) is 37.7 Å². The van der Waals surface area contributed by atoms with Crippen molar-refractivity contribution >= 4 is 17.7 Å². The summed E-state index contributed by atoms with van der Waals surface area (Å²) in [5.41, 5.74) is 2.71. The topological polar surface area (TPSA) is 15.3 Å². The highest BCUT2D eigenvalue weighted by atomic mass is 35.5. The van der Waals surface area contributed by atoms with Gasteiger partial charge in [-0.1, -0.05) is 29.8 Å². The zero-order valence-corrected chi connectivity index (χ0v) is 10.6. The largest absolute Gasteiger partial charge is 0.314 e. The standard InChI is InChI=1S/C14H17ClN2/c15-13-3-4-14-11(9-13)1-2-12(14)10-17-7-5-16-6-8-17/h1-4,9,12,16H,5-8,10H2. The number of hydrogen-bond donors (Lipinski definition) is 1. The van der Waals surface area contributed by atoms with Crippen molar-refractivity contribution in [3.8, 4) is 0 Å². The molecule has 17 heavy (non-hydrogen) atoms. The van der Waals surface area contributed by atoms with Crippen molar-refractivity contribution in [1.82, 2.24) is 10.2 Å². The summed E-state index contributed by atoms with van der Waals surface area (Å²) >= 11 is 6.01. The molecule has 90 valence electrons. The van der Waals surface area contributed by atoms with Gasteiger partial charge in [-0.05, 0) is 23.3 Å². The molecule has 1 heterocycles. The number of hydrogen-bond acceptors (Lipinski definition) is 2. The highest BCUT2D eigenvalue weighted by molar-refractivity contribution is 6.30. The summed E-state index contributed by atoms with van der Waals surface area (Å²) in [6, 6.07) is 6.23. The van der Waals surface area contributed by atoms with E-state index in [1.54, 1.807) is 0 Å². The lowest BCUT2D eigenvalue weighted by molar-refractivity contribution is 0.236. The second-order valence-corrected chi connectivity index (χ2v) is 5.23. The van der Waals surface area contributed by atoms with Crippen LogP contribution in [0.2, 0.25) is 5.02 Å². The predicted molar refractivity (Wildman–Crippen MR) is 72.5 cm³/mol. The Morgan fingerprint density at radius 2 is 2.12 bits per heavy atom. The van der Waals surface area contributed by atoms with Gasteiger partial charge in [-0.15, -0.1) is 0 Å². The van der Waals surface area contributed by atoms with Crippen molar-refractivity contribution in [2.24, 2.45) is 0 Å². The predicted octanol–water partition coefficient (Wildman–Crippen LogP) is 2.36. The van der Waals surface area contributed by atoms with Crippen LogP contribution in [0, 0.1) is 0 Å². The Balaban J connectivity index is 1.73. The molecule has 2 aliphatic rings. The number of fused-ring (bicyclic) bond motifs is 1. The summed E-state index contributed by atoms with van der Waals surface area (Å²) in [5, 5.41) is 4.22. The van der Waals surface area contributed by atoms with Gasteiger partial charge in [0, 0.05) is 43.7 Å². The normalized spacial score (nSPS) is 23.9. The Hall–Kier alpha value is -0.830. The van der Waals surface area contributed by atoms with Crippen molar-refractivity contribution in [3.63, 3.8) is 0 Å². The first-order valence-corrected chi connectivity index (χ1v) is 6.61. The monoisotopic (exact) mass is 248 g/mol. The summed E-state index contributed by atoms with van der Waals surface area (Å²) in [6.07, 6.45) is 4.51. The lowest BCUT2D eigenvalue weighted by Gasteiger charge is -2.29. The molecule has 0 saturated carbocycles. The molecule has 1 aliphatic carbocycles. The van der Waals surface area contributed by atoms with Crippen LogP contribution in [0.1, 0.15) is 17.0 Å². The highest BCUT2D eigenvalue weighted by Gasteiger charge is 2.21. The third-order valence-electron chi connectivity index (χ3n) is 3.62. The fraction of sp³-hybridized carbons (Fsp3) is 0.429. The Kier molecular flexibility index (Phi) is 3.19. The van der Waals surface area contributed by atoms with Crippen molar-refractivity contribution in [2.45, 2.75) is 5.92 Å². The molecular weight excluding hydrogens is 232 g/mol. The van der Waals surface area contributed by atoms with Gasteiger partial charge in [-0.25, -0.2) is 0 Å². The van der Waals surface area contributed by atoms with Crippen LogP contribution in [0.3, 0.4) is 0 Å². The molecule has 1 N–H and O–H groups in total. The van der Waals surface area contributed by atoms with Crippen molar-refractivity contribution in [1.29, 1.82) is 0 Å². The van der Waals surface area contributed by atoms with Gasteiger partial charge < -0.3 is 5.32 Å². The Morgan fingerprint density at radius 1 is 1.29 bits per heavy atom. The fourth-order valence-corrected chi connectivity index (χ4v) is 2.86. The molecule has 0 amide bonds. The number of nitrogens with one attached hydrogen (secondary N) is 1. The van der Waals surface area contributed by atoms with Crippen LogP contribution in [-0.4, -0.2) is 37.6 Å². The molecule has 1 aromatic rings. The zero-order chi connectivity index (χ0) is 11.7. The van der Waals surface area contributed by atoms with Crippen molar-refractivity contribution in [2.75, 3.05) is 32.7 Å². The SMILES string of the molecule is Clc1ccc2c(c1)C=CC2CN1CCNCC1. The van der Waals surface area contributed by atoms with Crippen LogP contribution in [0.25, 0.3) is 6.08 Å². The van der Waals surface area contributed by atoms with Crippen molar-refractivity contribution < 1.29 is 0 Å². The summed E-state index contributed by atoms with van der Waals surface area (Å²) in [5.74, 6) is 0.542. The molecule has 3 rings (SSSR count). The van der Waals surface area contributed by atoms with E-state index < -0.39 is 0 Å². The summed E-state index contributed by atoms with van der Waals surface area (Å²) in [4.78, 5) is 2.54. The lowest BCUT2D eigenvalue weighted by Crippen LogP contribution is -2.44. The molecule has 1 unspecified atom stereocenters. The van der Waals surface area contributed by atoms with Crippen LogP contribution < -0.4 is 5.32 Å². The molecule has 3 heteroatoms. The number of halogens is 1. The maximum absolute atomic E-state index is 6.01. The van der Waals surface area contributed by atoms with E-state index in [9.17, 15) is 0 Å². The van der Waals surface area contributed by atoms with Gasteiger partial charge in [0.15, 0.2) is 0 Å². The Morgan fingerprint density at radius 3 is 2.94 bits per heavy atom. The molecule has 0 radical (unpaired) electrons. The first-order chi connectivity index (χ1) is 8.33. The maximum Gasteiger partial charge on any atom is 0.0412 e. The van der Waals surface area contributed by atoms with E-state index in [-0.39, 0.29) is 0 Å². The van der Waals surface area contributed by atoms with Crippen LogP contribution in [0.4, 0.5) is 0 Å². The summed E-state index contributed by atoms with van der Waals surface area (Å²) in [6.45, 7) is 5.68. The van der Waals surface area contributed by atoms with Gasteiger partial charge in [0.2, 0.25) is 0 Å². The van der Waals surface area contributed by atoms with E-state index in [0.29, 0.717) is 5.92 Å².